The highest BCUT2D eigenvalue weighted by Crippen LogP contribution is 2.31. The average molecular weight is 385 g/mol. The number of nitrogens with one attached hydrogen (secondary N) is 1. The molecule has 1 atom stereocenters. The first kappa shape index (κ1) is 18.9. The number of benzene rings is 3. The van der Waals surface area contributed by atoms with Gasteiger partial charge in [-0.2, -0.15) is 0 Å². The van der Waals surface area contributed by atoms with Gasteiger partial charge >= 0.3 is 5.97 Å². The molecule has 1 aliphatic rings. The van der Waals surface area contributed by atoms with Crippen molar-refractivity contribution in [3.63, 3.8) is 0 Å². The predicted octanol–water partition coefficient (Wildman–Crippen LogP) is 5.32. The second-order valence-electron chi connectivity index (χ2n) is 7.63. The quantitative estimate of drug-likeness (QED) is 0.621. The van der Waals surface area contributed by atoms with Gasteiger partial charge in [0.05, 0.1) is 5.56 Å². The molecule has 1 amide bonds. The summed E-state index contributed by atoms with van der Waals surface area (Å²) in [6.45, 7) is 6.07. The van der Waals surface area contributed by atoms with Crippen molar-refractivity contribution in [1.82, 2.24) is 0 Å². The number of carbonyl (C=O) groups excluding carboxylic acids is 2. The van der Waals surface area contributed by atoms with E-state index in [0.717, 1.165) is 27.9 Å². The number of esters is 1. The lowest BCUT2D eigenvalue weighted by molar-refractivity contribution is 0.0252. The monoisotopic (exact) mass is 385 g/mol. The van der Waals surface area contributed by atoms with Gasteiger partial charge in [-0.25, -0.2) is 4.79 Å². The zero-order chi connectivity index (χ0) is 20.5. The van der Waals surface area contributed by atoms with Crippen LogP contribution in [0, 0.1) is 20.8 Å². The lowest BCUT2D eigenvalue weighted by atomic mass is 9.92. The fourth-order valence-corrected chi connectivity index (χ4v) is 3.53. The van der Waals surface area contributed by atoms with Gasteiger partial charge in [0.1, 0.15) is 6.10 Å². The zero-order valence-electron chi connectivity index (χ0n) is 16.8. The van der Waals surface area contributed by atoms with Crippen molar-refractivity contribution >= 4 is 17.6 Å². The first-order valence-corrected chi connectivity index (χ1v) is 9.70. The number of cyclic esters (lactones) is 1. The minimum absolute atomic E-state index is 0.193. The van der Waals surface area contributed by atoms with E-state index >= 15 is 0 Å². The SMILES string of the molecule is Cc1ccc([C@@H]2Cc3cc(C(=O)Nc4ccc(C)c(C)c4)ccc3C(=O)O2)cc1. The number of rotatable bonds is 3. The molecule has 1 N–H and O–H groups in total. The Hall–Kier alpha value is -3.40. The Morgan fingerprint density at radius 1 is 0.931 bits per heavy atom. The first-order chi connectivity index (χ1) is 13.9. The van der Waals surface area contributed by atoms with Crippen LogP contribution in [-0.4, -0.2) is 11.9 Å². The van der Waals surface area contributed by atoms with Gasteiger partial charge in [0, 0.05) is 17.7 Å². The van der Waals surface area contributed by atoms with Crippen LogP contribution in [0.2, 0.25) is 0 Å². The minimum atomic E-state index is -0.349. The molecule has 4 rings (SSSR count). The maximum Gasteiger partial charge on any atom is 0.339 e. The molecule has 29 heavy (non-hydrogen) atoms. The molecule has 0 radical (unpaired) electrons. The lowest BCUT2D eigenvalue weighted by Crippen LogP contribution is -2.23. The molecule has 3 aromatic rings. The van der Waals surface area contributed by atoms with E-state index in [4.69, 9.17) is 4.74 Å². The summed E-state index contributed by atoms with van der Waals surface area (Å²) < 4.78 is 5.62. The van der Waals surface area contributed by atoms with Crippen LogP contribution in [0.25, 0.3) is 0 Å². The zero-order valence-corrected chi connectivity index (χ0v) is 16.8. The molecule has 0 aliphatic carbocycles. The Morgan fingerprint density at radius 2 is 1.69 bits per heavy atom. The summed E-state index contributed by atoms with van der Waals surface area (Å²) in [6, 6.07) is 19.0. The fraction of sp³-hybridized carbons (Fsp3) is 0.200. The van der Waals surface area contributed by atoms with Crippen molar-refractivity contribution in [3.8, 4) is 0 Å². The van der Waals surface area contributed by atoms with Gasteiger partial charge in [-0.1, -0.05) is 35.9 Å². The van der Waals surface area contributed by atoms with Crippen molar-refractivity contribution < 1.29 is 14.3 Å². The number of hydrogen-bond donors (Lipinski definition) is 1. The Morgan fingerprint density at radius 3 is 2.41 bits per heavy atom. The molecular formula is C25H23NO3. The van der Waals surface area contributed by atoms with Crippen LogP contribution in [0.15, 0.2) is 60.7 Å². The molecule has 0 aromatic heterocycles. The summed E-state index contributed by atoms with van der Waals surface area (Å²) in [7, 11) is 0. The largest absolute Gasteiger partial charge is 0.454 e. The third-order valence-corrected chi connectivity index (χ3v) is 5.46. The third kappa shape index (κ3) is 3.92. The number of amides is 1. The highest BCUT2D eigenvalue weighted by atomic mass is 16.5. The van der Waals surface area contributed by atoms with Crippen molar-refractivity contribution in [1.29, 1.82) is 0 Å². The fourth-order valence-electron chi connectivity index (χ4n) is 3.53. The molecule has 4 heteroatoms. The van der Waals surface area contributed by atoms with Crippen LogP contribution >= 0.6 is 0 Å². The van der Waals surface area contributed by atoms with Crippen LogP contribution in [-0.2, 0) is 11.2 Å². The Labute approximate surface area is 170 Å². The maximum absolute atomic E-state index is 12.7. The van der Waals surface area contributed by atoms with Crippen molar-refractivity contribution in [3.05, 3.63) is 99.6 Å². The van der Waals surface area contributed by atoms with Gasteiger partial charge in [-0.15, -0.1) is 0 Å². The van der Waals surface area contributed by atoms with E-state index < -0.39 is 0 Å². The molecule has 0 unspecified atom stereocenters. The van der Waals surface area contributed by atoms with Crippen LogP contribution in [0.4, 0.5) is 5.69 Å². The van der Waals surface area contributed by atoms with Crippen molar-refractivity contribution in [2.24, 2.45) is 0 Å². The third-order valence-electron chi connectivity index (χ3n) is 5.46. The smallest absolute Gasteiger partial charge is 0.339 e. The Balaban J connectivity index is 1.58. The van der Waals surface area contributed by atoms with Gasteiger partial charge in [0.25, 0.3) is 5.91 Å². The molecule has 1 aliphatic heterocycles. The van der Waals surface area contributed by atoms with Crippen LogP contribution < -0.4 is 5.32 Å². The van der Waals surface area contributed by atoms with E-state index in [1.165, 1.54) is 5.56 Å². The van der Waals surface area contributed by atoms with E-state index in [0.29, 0.717) is 17.5 Å². The average Bonchev–Trinajstić information content (AvgIpc) is 2.71. The molecule has 0 bridgehead atoms. The van der Waals surface area contributed by atoms with Crippen molar-refractivity contribution in [2.75, 3.05) is 5.32 Å². The van der Waals surface area contributed by atoms with Crippen LogP contribution in [0.5, 0.6) is 0 Å². The molecule has 3 aromatic carbocycles. The number of anilines is 1. The van der Waals surface area contributed by atoms with Crippen LogP contribution in [0.1, 0.15) is 54.6 Å². The first-order valence-electron chi connectivity index (χ1n) is 9.70. The molecular weight excluding hydrogens is 362 g/mol. The normalized spacial score (nSPS) is 15.4. The second kappa shape index (κ2) is 7.55. The summed E-state index contributed by atoms with van der Waals surface area (Å²) in [5.74, 6) is -0.542. The summed E-state index contributed by atoms with van der Waals surface area (Å²) in [5.41, 5.74) is 7.05. The second-order valence-corrected chi connectivity index (χ2v) is 7.63. The topological polar surface area (TPSA) is 55.4 Å². The number of carbonyl (C=O) groups is 2. The molecule has 146 valence electrons. The van der Waals surface area contributed by atoms with E-state index in [1.807, 2.05) is 63.2 Å². The van der Waals surface area contributed by atoms with Gasteiger partial charge in [0.2, 0.25) is 0 Å². The lowest BCUT2D eigenvalue weighted by Gasteiger charge is -2.25. The van der Waals surface area contributed by atoms with Gasteiger partial charge in [-0.3, -0.25) is 4.79 Å². The molecule has 0 spiro atoms. The molecule has 0 fully saturated rings. The summed E-state index contributed by atoms with van der Waals surface area (Å²) >= 11 is 0. The number of fused-ring (bicyclic) bond motifs is 1. The Bertz CT molecular complexity index is 1100. The van der Waals surface area contributed by atoms with Gasteiger partial charge < -0.3 is 10.1 Å². The van der Waals surface area contributed by atoms with E-state index in [9.17, 15) is 9.59 Å². The minimum Gasteiger partial charge on any atom is -0.454 e. The van der Waals surface area contributed by atoms with E-state index in [1.54, 1.807) is 18.2 Å². The standard InChI is InChI=1S/C25H23NO3/c1-15-4-7-18(8-5-15)23-14-20-13-19(9-11-22(20)25(28)29-23)24(27)26-21-10-6-16(2)17(3)12-21/h4-13,23H,14H2,1-3H3,(H,26,27)/t23-/m0/s1. The number of ether oxygens (including phenoxy) is 1. The molecule has 0 saturated carbocycles. The summed E-state index contributed by atoms with van der Waals surface area (Å²) in [6.07, 6.45) is 0.211. The van der Waals surface area contributed by atoms with Gasteiger partial charge in [0.15, 0.2) is 0 Å². The van der Waals surface area contributed by atoms with Crippen LogP contribution in [0.3, 0.4) is 0 Å². The highest BCUT2D eigenvalue weighted by Gasteiger charge is 2.28. The van der Waals surface area contributed by atoms with Gasteiger partial charge in [-0.05, 0) is 73.4 Å². The molecule has 1 heterocycles. The summed E-state index contributed by atoms with van der Waals surface area (Å²) in [5, 5.41) is 2.94. The summed E-state index contributed by atoms with van der Waals surface area (Å²) in [4.78, 5) is 25.2. The predicted molar refractivity (Wildman–Crippen MR) is 113 cm³/mol. The van der Waals surface area contributed by atoms with E-state index in [2.05, 4.69) is 5.32 Å². The maximum atomic E-state index is 12.7. The molecule has 0 saturated heterocycles. The highest BCUT2D eigenvalue weighted by molar-refractivity contribution is 6.05. The Kier molecular flexibility index (Phi) is 4.93. The van der Waals surface area contributed by atoms with Crippen molar-refractivity contribution in [2.45, 2.75) is 33.3 Å². The van der Waals surface area contributed by atoms with E-state index in [-0.39, 0.29) is 18.0 Å². The molecule has 4 nitrogen and oxygen atoms in total. The number of hydrogen-bond acceptors (Lipinski definition) is 3. The number of aryl methyl sites for hydroxylation is 3.